The van der Waals surface area contributed by atoms with E-state index in [9.17, 15) is 9.90 Å². The molecule has 1 amide bonds. The molecule has 1 fully saturated rings. The van der Waals surface area contributed by atoms with Gasteiger partial charge in [0.25, 0.3) is 0 Å². The van der Waals surface area contributed by atoms with Gasteiger partial charge < -0.3 is 10.0 Å². The van der Waals surface area contributed by atoms with E-state index in [1.54, 1.807) is 16.5 Å². The van der Waals surface area contributed by atoms with Gasteiger partial charge in [0.15, 0.2) is 0 Å². The first-order valence-electron chi connectivity index (χ1n) is 6.29. The smallest absolute Gasteiger partial charge is 0.227 e. The summed E-state index contributed by atoms with van der Waals surface area (Å²) in [6.07, 6.45) is 1.03. The van der Waals surface area contributed by atoms with Gasteiger partial charge in [-0.1, -0.05) is 0 Å². The number of carbonyl (C=O) groups is 1. The highest BCUT2D eigenvalue weighted by atomic mass is 16.3. The van der Waals surface area contributed by atoms with Gasteiger partial charge in [0.05, 0.1) is 17.7 Å². The molecule has 5 heteroatoms. The Bertz CT molecular complexity index is 477. The Labute approximate surface area is 107 Å². The molecule has 0 aliphatic carbocycles. The van der Waals surface area contributed by atoms with Crippen molar-refractivity contribution < 1.29 is 9.90 Å². The van der Waals surface area contributed by atoms with Crippen LogP contribution in [-0.4, -0.2) is 44.4 Å². The molecule has 2 heterocycles. The molecule has 18 heavy (non-hydrogen) atoms. The Morgan fingerprint density at radius 3 is 2.61 bits per heavy atom. The number of likely N-dealkylation sites (tertiary alicyclic amines) is 1. The molecule has 1 aliphatic heterocycles. The normalized spacial score (nSPS) is 23.7. The number of β-amino-alcohol motifs (C(OH)–C–C–N with tert-alkyl or cyclic N) is 1. The van der Waals surface area contributed by atoms with Gasteiger partial charge in [-0.05, 0) is 27.2 Å². The van der Waals surface area contributed by atoms with Crippen molar-refractivity contribution in [3.05, 3.63) is 17.0 Å². The molecule has 0 aromatic carbocycles. The molecule has 1 aromatic rings. The molecule has 0 spiro atoms. The Hall–Kier alpha value is -1.36. The number of carbonyl (C=O) groups excluding carboxylic acids is 1. The molecule has 100 valence electrons. The zero-order chi connectivity index (χ0) is 13.5. The van der Waals surface area contributed by atoms with E-state index in [1.807, 2.05) is 20.9 Å². The lowest BCUT2D eigenvalue weighted by molar-refractivity contribution is -0.130. The summed E-state index contributed by atoms with van der Waals surface area (Å²) < 4.78 is 1.80. The summed E-state index contributed by atoms with van der Waals surface area (Å²) in [5.41, 5.74) is 2.23. The number of aliphatic hydroxyl groups is 1. The molecule has 1 aliphatic rings. The molecule has 1 atom stereocenters. The van der Waals surface area contributed by atoms with Crippen molar-refractivity contribution in [1.82, 2.24) is 14.7 Å². The number of hydrogen-bond acceptors (Lipinski definition) is 3. The number of aryl methyl sites for hydroxylation is 2. The van der Waals surface area contributed by atoms with Crippen molar-refractivity contribution in [3.63, 3.8) is 0 Å². The van der Waals surface area contributed by atoms with E-state index in [0.29, 0.717) is 25.9 Å². The first-order chi connectivity index (χ1) is 8.30. The summed E-state index contributed by atoms with van der Waals surface area (Å²) >= 11 is 0. The van der Waals surface area contributed by atoms with Crippen LogP contribution in [0.25, 0.3) is 0 Å². The number of hydrogen-bond donors (Lipinski definition) is 1. The van der Waals surface area contributed by atoms with Crippen molar-refractivity contribution in [2.75, 3.05) is 13.1 Å². The number of aromatic nitrogens is 2. The predicted octanol–water partition coefficient (Wildman–Crippen LogP) is 0.563. The SMILES string of the molecule is Cc1nn(C)c(C)c1CC(=O)N1CCC(C)(O)C1. The highest BCUT2D eigenvalue weighted by Crippen LogP contribution is 2.22. The summed E-state index contributed by atoms with van der Waals surface area (Å²) in [5, 5.41) is 14.2. The minimum absolute atomic E-state index is 0.0759. The molecule has 2 rings (SSSR count). The third-order valence-electron chi connectivity index (χ3n) is 3.79. The number of nitrogens with zero attached hydrogens (tertiary/aromatic N) is 3. The summed E-state index contributed by atoms with van der Waals surface area (Å²) in [6, 6.07) is 0. The second-order valence-electron chi connectivity index (χ2n) is 5.51. The van der Waals surface area contributed by atoms with Crippen molar-refractivity contribution in [2.45, 2.75) is 39.2 Å². The van der Waals surface area contributed by atoms with Crippen LogP contribution in [0.2, 0.25) is 0 Å². The van der Waals surface area contributed by atoms with Crippen molar-refractivity contribution in [1.29, 1.82) is 0 Å². The lowest BCUT2D eigenvalue weighted by Gasteiger charge is -2.19. The number of rotatable bonds is 2. The lowest BCUT2D eigenvalue weighted by atomic mass is 10.1. The van der Waals surface area contributed by atoms with Gasteiger partial charge in [-0.3, -0.25) is 9.48 Å². The molecule has 1 unspecified atom stereocenters. The average Bonchev–Trinajstić information content (AvgIpc) is 2.74. The van der Waals surface area contributed by atoms with Crippen molar-refractivity contribution in [2.24, 2.45) is 7.05 Å². The van der Waals surface area contributed by atoms with E-state index in [2.05, 4.69) is 5.10 Å². The third-order valence-corrected chi connectivity index (χ3v) is 3.79. The average molecular weight is 251 g/mol. The molecule has 0 radical (unpaired) electrons. The first-order valence-corrected chi connectivity index (χ1v) is 6.29. The molecule has 1 saturated heterocycles. The Morgan fingerprint density at radius 2 is 2.17 bits per heavy atom. The quantitative estimate of drug-likeness (QED) is 0.835. The van der Waals surface area contributed by atoms with Crippen LogP contribution in [0.4, 0.5) is 0 Å². The second kappa shape index (κ2) is 4.39. The summed E-state index contributed by atoms with van der Waals surface area (Å²) in [6.45, 7) is 6.76. The van der Waals surface area contributed by atoms with Crippen LogP contribution in [-0.2, 0) is 18.3 Å². The molecular weight excluding hydrogens is 230 g/mol. The summed E-state index contributed by atoms with van der Waals surface area (Å²) in [4.78, 5) is 13.9. The van der Waals surface area contributed by atoms with E-state index in [-0.39, 0.29) is 5.91 Å². The third kappa shape index (κ3) is 2.41. The molecule has 1 N–H and O–H groups in total. The fourth-order valence-corrected chi connectivity index (χ4v) is 2.49. The zero-order valence-corrected chi connectivity index (χ0v) is 11.5. The van der Waals surface area contributed by atoms with Crippen LogP contribution in [0, 0.1) is 13.8 Å². The van der Waals surface area contributed by atoms with Crippen LogP contribution in [0.3, 0.4) is 0 Å². The van der Waals surface area contributed by atoms with Crippen LogP contribution in [0.1, 0.15) is 30.3 Å². The second-order valence-corrected chi connectivity index (χ2v) is 5.51. The first kappa shape index (κ1) is 13.1. The largest absolute Gasteiger partial charge is 0.388 e. The zero-order valence-electron chi connectivity index (χ0n) is 11.5. The van der Waals surface area contributed by atoms with Crippen LogP contribution >= 0.6 is 0 Å². The Balaban J connectivity index is 2.08. The van der Waals surface area contributed by atoms with E-state index >= 15 is 0 Å². The predicted molar refractivity (Wildman–Crippen MR) is 68.2 cm³/mol. The highest BCUT2D eigenvalue weighted by molar-refractivity contribution is 5.79. The van der Waals surface area contributed by atoms with E-state index in [1.165, 1.54) is 0 Å². The van der Waals surface area contributed by atoms with Crippen LogP contribution < -0.4 is 0 Å². The molecular formula is C13H21N3O2. The highest BCUT2D eigenvalue weighted by Gasteiger charge is 2.34. The van der Waals surface area contributed by atoms with Gasteiger partial charge in [0.2, 0.25) is 5.91 Å². The fraction of sp³-hybridized carbons (Fsp3) is 0.692. The maximum atomic E-state index is 12.2. The Kier molecular flexibility index (Phi) is 3.19. The summed E-state index contributed by atoms with van der Waals surface area (Å²) in [7, 11) is 1.89. The van der Waals surface area contributed by atoms with Gasteiger partial charge in [0.1, 0.15) is 0 Å². The van der Waals surface area contributed by atoms with Gasteiger partial charge >= 0.3 is 0 Å². The Morgan fingerprint density at radius 1 is 1.50 bits per heavy atom. The van der Waals surface area contributed by atoms with Gasteiger partial charge in [0, 0.05) is 31.4 Å². The standard InChI is InChI=1S/C13H21N3O2/c1-9-11(10(2)15(4)14-9)7-12(17)16-6-5-13(3,18)8-16/h18H,5-8H2,1-4H3. The van der Waals surface area contributed by atoms with Crippen molar-refractivity contribution in [3.8, 4) is 0 Å². The maximum absolute atomic E-state index is 12.2. The maximum Gasteiger partial charge on any atom is 0.227 e. The molecule has 0 saturated carbocycles. The van der Waals surface area contributed by atoms with E-state index in [0.717, 1.165) is 17.0 Å². The van der Waals surface area contributed by atoms with Crippen molar-refractivity contribution >= 4 is 5.91 Å². The molecule has 1 aromatic heterocycles. The minimum atomic E-state index is -0.727. The van der Waals surface area contributed by atoms with Crippen LogP contribution in [0.5, 0.6) is 0 Å². The summed E-state index contributed by atoms with van der Waals surface area (Å²) in [5.74, 6) is 0.0759. The fourth-order valence-electron chi connectivity index (χ4n) is 2.49. The van der Waals surface area contributed by atoms with Crippen LogP contribution in [0.15, 0.2) is 0 Å². The number of amides is 1. The van der Waals surface area contributed by atoms with Gasteiger partial charge in [-0.15, -0.1) is 0 Å². The van der Waals surface area contributed by atoms with Gasteiger partial charge in [-0.2, -0.15) is 5.10 Å². The molecule has 0 bridgehead atoms. The monoisotopic (exact) mass is 251 g/mol. The lowest BCUT2D eigenvalue weighted by Crippen LogP contribution is -2.34. The minimum Gasteiger partial charge on any atom is -0.388 e. The van der Waals surface area contributed by atoms with Gasteiger partial charge in [-0.25, -0.2) is 0 Å². The van der Waals surface area contributed by atoms with E-state index < -0.39 is 5.60 Å². The topological polar surface area (TPSA) is 58.4 Å². The molecule has 5 nitrogen and oxygen atoms in total. The van der Waals surface area contributed by atoms with E-state index in [4.69, 9.17) is 0 Å².